The topological polar surface area (TPSA) is 59.1 Å². The standard InChI is InChI=1S/C11H13ClN2O4/c1-8-5-4-6-11(7-8)13(12)14(17-9(2)15)18-10(3)16/h4-7H,1-3H3. The molecule has 0 saturated carbocycles. The van der Waals surface area contributed by atoms with Gasteiger partial charge in [0, 0.05) is 25.6 Å². The number of nitrogens with zero attached hydrogens (tertiary/aromatic N) is 2. The molecule has 1 aromatic rings. The number of hydrogen-bond acceptors (Lipinski definition) is 6. The molecule has 18 heavy (non-hydrogen) atoms. The zero-order valence-electron chi connectivity index (χ0n) is 10.2. The zero-order valence-corrected chi connectivity index (χ0v) is 11.0. The van der Waals surface area contributed by atoms with Gasteiger partial charge >= 0.3 is 11.9 Å². The number of hydrogen-bond donors (Lipinski definition) is 0. The largest absolute Gasteiger partial charge is 0.328 e. The van der Waals surface area contributed by atoms with Crippen LogP contribution in [0.2, 0.25) is 0 Å². The van der Waals surface area contributed by atoms with Crippen molar-refractivity contribution >= 4 is 29.4 Å². The van der Waals surface area contributed by atoms with Crippen LogP contribution in [0, 0.1) is 6.92 Å². The van der Waals surface area contributed by atoms with Crippen LogP contribution in [-0.2, 0) is 19.3 Å². The summed E-state index contributed by atoms with van der Waals surface area (Å²) in [6.07, 6.45) is 0. The Morgan fingerprint density at radius 2 is 1.72 bits per heavy atom. The zero-order chi connectivity index (χ0) is 13.7. The first-order chi connectivity index (χ1) is 8.40. The summed E-state index contributed by atoms with van der Waals surface area (Å²) in [5.41, 5.74) is 1.43. The van der Waals surface area contributed by atoms with E-state index in [1.165, 1.54) is 0 Å². The van der Waals surface area contributed by atoms with Crippen LogP contribution in [0.1, 0.15) is 19.4 Å². The number of rotatable bonds is 4. The summed E-state index contributed by atoms with van der Waals surface area (Å²) in [4.78, 5) is 31.1. The molecule has 0 N–H and O–H groups in total. The van der Waals surface area contributed by atoms with Gasteiger partial charge in [-0.1, -0.05) is 12.1 Å². The van der Waals surface area contributed by atoms with Crippen LogP contribution in [0.15, 0.2) is 24.3 Å². The molecule has 0 atom stereocenters. The Bertz CT molecular complexity index is 436. The Balaban J connectivity index is 2.90. The fraction of sp³-hybridized carbons (Fsp3) is 0.273. The molecule has 0 saturated heterocycles. The molecular weight excluding hydrogens is 260 g/mol. The Morgan fingerprint density at radius 1 is 1.17 bits per heavy atom. The van der Waals surface area contributed by atoms with Gasteiger partial charge in [0.25, 0.3) is 0 Å². The van der Waals surface area contributed by atoms with Crippen LogP contribution in [0.25, 0.3) is 0 Å². The third-order valence-corrected chi connectivity index (χ3v) is 2.09. The van der Waals surface area contributed by atoms with Crippen molar-refractivity contribution < 1.29 is 19.3 Å². The molecule has 0 heterocycles. The van der Waals surface area contributed by atoms with E-state index in [1.807, 2.05) is 13.0 Å². The Labute approximate surface area is 110 Å². The number of hydrazine groups is 1. The van der Waals surface area contributed by atoms with Gasteiger partial charge < -0.3 is 9.68 Å². The molecule has 0 aliphatic rings. The number of aryl methyl sites for hydroxylation is 1. The summed E-state index contributed by atoms with van der Waals surface area (Å²) >= 11 is 5.94. The predicted octanol–water partition coefficient (Wildman–Crippen LogP) is 2.13. The van der Waals surface area contributed by atoms with Crippen molar-refractivity contribution in [3.8, 4) is 0 Å². The fourth-order valence-corrected chi connectivity index (χ4v) is 1.31. The molecule has 0 aromatic heterocycles. The Hall–Kier alpha value is -1.79. The van der Waals surface area contributed by atoms with E-state index >= 15 is 0 Å². The van der Waals surface area contributed by atoms with Gasteiger partial charge in [0.1, 0.15) is 0 Å². The van der Waals surface area contributed by atoms with Crippen molar-refractivity contribution in [3.05, 3.63) is 29.8 Å². The van der Waals surface area contributed by atoms with E-state index < -0.39 is 11.9 Å². The lowest BCUT2D eigenvalue weighted by Crippen LogP contribution is -2.39. The van der Waals surface area contributed by atoms with Gasteiger partial charge in [-0.3, -0.25) is 9.59 Å². The van der Waals surface area contributed by atoms with Crippen molar-refractivity contribution in [3.63, 3.8) is 0 Å². The van der Waals surface area contributed by atoms with E-state index in [1.54, 1.807) is 18.2 Å². The molecular formula is C11H13ClN2O4. The average Bonchev–Trinajstić information content (AvgIpc) is 2.26. The summed E-state index contributed by atoms with van der Waals surface area (Å²) in [5.74, 6) is -1.34. The van der Waals surface area contributed by atoms with Crippen LogP contribution in [0.3, 0.4) is 0 Å². The normalized spacial score (nSPS) is 10.1. The molecule has 98 valence electrons. The number of anilines is 1. The second kappa shape index (κ2) is 6.23. The molecule has 0 aliphatic heterocycles. The molecule has 0 fully saturated rings. The third-order valence-electron chi connectivity index (χ3n) is 1.77. The monoisotopic (exact) mass is 272 g/mol. The highest BCUT2D eigenvalue weighted by Crippen LogP contribution is 2.21. The predicted molar refractivity (Wildman–Crippen MR) is 64.9 cm³/mol. The van der Waals surface area contributed by atoms with E-state index in [0.717, 1.165) is 23.9 Å². The maximum Gasteiger partial charge on any atom is 0.328 e. The molecule has 7 heteroatoms. The summed E-state index contributed by atoms with van der Waals surface area (Å²) < 4.78 is 0.885. The summed E-state index contributed by atoms with van der Waals surface area (Å²) in [7, 11) is 0. The minimum absolute atomic E-state index is 0.485. The molecule has 0 radical (unpaired) electrons. The van der Waals surface area contributed by atoms with Gasteiger partial charge in [0.2, 0.25) is 0 Å². The minimum Gasteiger partial charge on any atom is -0.314 e. The van der Waals surface area contributed by atoms with Crippen LogP contribution >= 0.6 is 11.8 Å². The third kappa shape index (κ3) is 4.23. The Kier molecular flexibility index (Phi) is 4.94. The molecule has 0 amide bonds. The van der Waals surface area contributed by atoms with Crippen LogP contribution in [-0.4, -0.2) is 17.3 Å². The first-order valence-electron chi connectivity index (χ1n) is 5.10. The molecule has 0 unspecified atom stereocenters. The first-order valence-corrected chi connectivity index (χ1v) is 5.43. The molecule has 0 bridgehead atoms. The van der Waals surface area contributed by atoms with E-state index in [-0.39, 0.29) is 0 Å². The van der Waals surface area contributed by atoms with Crippen molar-refractivity contribution in [1.29, 1.82) is 0 Å². The van der Waals surface area contributed by atoms with Gasteiger partial charge in [0.15, 0.2) is 5.34 Å². The fourth-order valence-electron chi connectivity index (χ4n) is 1.15. The first kappa shape index (κ1) is 14.3. The van der Waals surface area contributed by atoms with Crippen LogP contribution in [0.4, 0.5) is 5.69 Å². The number of carbonyl (C=O) groups excluding carboxylic acids is 2. The summed E-state index contributed by atoms with van der Waals surface area (Å²) in [5, 5.41) is 0.515. The lowest BCUT2D eigenvalue weighted by Gasteiger charge is -2.25. The average molecular weight is 273 g/mol. The number of benzene rings is 1. The molecule has 0 aliphatic carbocycles. The van der Waals surface area contributed by atoms with Gasteiger partial charge in [-0.25, -0.2) is 0 Å². The van der Waals surface area contributed by atoms with Gasteiger partial charge in [-0.15, -0.1) is 4.53 Å². The maximum atomic E-state index is 10.9. The van der Waals surface area contributed by atoms with E-state index in [0.29, 0.717) is 11.0 Å². The van der Waals surface area contributed by atoms with Crippen molar-refractivity contribution in [1.82, 2.24) is 5.34 Å². The molecule has 1 aromatic carbocycles. The van der Waals surface area contributed by atoms with Crippen molar-refractivity contribution in [2.24, 2.45) is 0 Å². The smallest absolute Gasteiger partial charge is 0.314 e. The van der Waals surface area contributed by atoms with Gasteiger partial charge in [-0.05, 0) is 24.6 Å². The SMILES string of the molecule is CC(=O)ON(OC(C)=O)N(Cl)c1cccc(C)c1. The van der Waals surface area contributed by atoms with Crippen LogP contribution < -0.4 is 4.53 Å². The van der Waals surface area contributed by atoms with Gasteiger partial charge in [0.05, 0.1) is 5.69 Å². The quantitative estimate of drug-likeness (QED) is 0.618. The summed E-state index contributed by atoms with van der Waals surface area (Å²) in [6, 6.07) is 7.03. The van der Waals surface area contributed by atoms with Crippen LogP contribution in [0.5, 0.6) is 0 Å². The highest BCUT2D eigenvalue weighted by molar-refractivity contribution is 6.24. The number of carbonyl (C=O) groups is 2. The lowest BCUT2D eigenvalue weighted by molar-refractivity contribution is -0.320. The molecule has 0 spiro atoms. The Morgan fingerprint density at radius 3 is 2.17 bits per heavy atom. The van der Waals surface area contributed by atoms with Crippen molar-refractivity contribution in [2.75, 3.05) is 4.53 Å². The molecule has 6 nitrogen and oxygen atoms in total. The molecule has 1 rings (SSSR count). The van der Waals surface area contributed by atoms with E-state index in [2.05, 4.69) is 9.68 Å². The maximum absolute atomic E-state index is 10.9. The highest BCUT2D eigenvalue weighted by atomic mass is 35.5. The minimum atomic E-state index is -0.672. The second-order valence-corrected chi connectivity index (χ2v) is 3.82. The number of halogens is 1. The van der Waals surface area contributed by atoms with Crippen molar-refractivity contribution in [2.45, 2.75) is 20.8 Å². The second-order valence-electron chi connectivity index (χ2n) is 3.50. The summed E-state index contributed by atoms with van der Waals surface area (Å²) in [6.45, 7) is 4.20. The van der Waals surface area contributed by atoms with E-state index in [9.17, 15) is 9.59 Å². The lowest BCUT2D eigenvalue weighted by atomic mass is 10.2. The van der Waals surface area contributed by atoms with Gasteiger partial charge in [-0.2, -0.15) is 0 Å². The highest BCUT2D eigenvalue weighted by Gasteiger charge is 2.21. The van der Waals surface area contributed by atoms with E-state index in [4.69, 9.17) is 11.8 Å².